The standard InChI is InChI=1S/C27H34ClNO3SSi/c1-21-16-18-23(19-17-21)33(30,31)29-22(2)26(28)20-32-34(27(3,4)5,24-12-8-6-9-13-24)25-14-10-7-11-15-25/h6-19,22,26,29H,20H2,1-5H3/t22-,26-/m1/s1. The van der Waals surface area contributed by atoms with E-state index < -0.39 is 29.8 Å². The number of halogens is 1. The van der Waals surface area contributed by atoms with Crippen molar-refractivity contribution in [2.75, 3.05) is 6.61 Å². The molecule has 0 fully saturated rings. The Kier molecular flexibility index (Phi) is 8.42. The van der Waals surface area contributed by atoms with Crippen LogP contribution in [-0.4, -0.2) is 34.8 Å². The van der Waals surface area contributed by atoms with Crippen LogP contribution in [0.2, 0.25) is 5.04 Å². The van der Waals surface area contributed by atoms with Crippen LogP contribution in [0.5, 0.6) is 0 Å². The van der Waals surface area contributed by atoms with Gasteiger partial charge in [-0.05, 0) is 41.4 Å². The Morgan fingerprint density at radius 1 is 0.882 bits per heavy atom. The van der Waals surface area contributed by atoms with Gasteiger partial charge in [-0.2, -0.15) is 0 Å². The topological polar surface area (TPSA) is 55.4 Å². The Morgan fingerprint density at radius 3 is 1.79 bits per heavy atom. The van der Waals surface area contributed by atoms with Gasteiger partial charge in [-0.15, -0.1) is 11.6 Å². The summed E-state index contributed by atoms with van der Waals surface area (Å²) in [7, 11) is -6.43. The van der Waals surface area contributed by atoms with Gasteiger partial charge in [0.1, 0.15) is 0 Å². The summed E-state index contributed by atoms with van der Waals surface area (Å²) in [5.41, 5.74) is 1.00. The van der Waals surface area contributed by atoms with Crippen LogP contribution in [0.25, 0.3) is 0 Å². The lowest BCUT2D eigenvalue weighted by Gasteiger charge is -2.43. The second kappa shape index (κ2) is 10.8. The van der Waals surface area contributed by atoms with Gasteiger partial charge < -0.3 is 4.43 Å². The molecule has 0 aliphatic rings. The van der Waals surface area contributed by atoms with Crippen molar-refractivity contribution in [1.29, 1.82) is 0 Å². The van der Waals surface area contributed by atoms with E-state index in [0.29, 0.717) is 0 Å². The number of hydrogen-bond donors (Lipinski definition) is 1. The number of nitrogens with one attached hydrogen (secondary N) is 1. The number of sulfonamides is 1. The van der Waals surface area contributed by atoms with Crippen LogP contribution in [0.1, 0.15) is 33.3 Å². The molecule has 0 bridgehead atoms. The lowest BCUT2D eigenvalue weighted by atomic mass is 10.2. The largest absolute Gasteiger partial charge is 0.406 e. The minimum absolute atomic E-state index is 0.184. The van der Waals surface area contributed by atoms with Crippen molar-refractivity contribution in [3.05, 3.63) is 90.5 Å². The molecule has 0 saturated heterocycles. The zero-order valence-electron chi connectivity index (χ0n) is 20.5. The van der Waals surface area contributed by atoms with Crippen molar-refractivity contribution in [1.82, 2.24) is 4.72 Å². The third-order valence-electron chi connectivity index (χ3n) is 6.09. The van der Waals surface area contributed by atoms with Crippen LogP contribution in [0.4, 0.5) is 0 Å². The van der Waals surface area contributed by atoms with Crippen LogP contribution in [0.3, 0.4) is 0 Å². The smallest absolute Gasteiger partial charge is 0.261 e. The maximum absolute atomic E-state index is 12.9. The van der Waals surface area contributed by atoms with Crippen molar-refractivity contribution in [2.45, 2.75) is 56.0 Å². The lowest BCUT2D eigenvalue weighted by molar-refractivity contribution is 0.283. The molecule has 0 aromatic heterocycles. The first kappa shape index (κ1) is 26.6. The van der Waals surface area contributed by atoms with Gasteiger partial charge in [0, 0.05) is 6.04 Å². The van der Waals surface area contributed by atoms with Crippen LogP contribution in [-0.2, 0) is 14.4 Å². The molecule has 3 aromatic carbocycles. The second-order valence-corrected chi connectivity index (χ2v) is 16.3. The van der Waals surface area contributed by atoms with Gasteiger partial charge in [0.25, 0.3) is 8.32 Å². The molecule has 0 aliphatic heterocycles. The fraction of sp³-hybridized carbons (Fsp3) is 0.333. The number of benzene rings is 3. The molecule has 3 rings (SSSR count). The summed E-state index contributed by atoms with van der Waals surface area (Å²) in [4.78, 5) is 0.224. The predicted molar refractivity (Wildman–Crippen MR) is 144 cm³/mol. The summed E-state index contributed by atoms with van der Waals surface area (Å²) >= 11 is 6.75. The van der Waals surface area contributed by atoms with Gasteiger partial charge in [-0.25, -0.2) is 13.1 Å². The summed E-state index contributed by atoms with van der Waals surface area (Å²) < 4.78 is 35.3. The lowest BCUT2D eigenvalue weighted by Crippen LogP contribution is -2.67. The van der Waals surface area contributed by atoms with Gasteiger partial charge in [0.2, 0.25) is 10.0 Å². The minimum atomic E-state index is -3.69. The van der Waals surface area contributed by atoms with Crippen LogP contribution < -0.4 is 15.1 Å². The Labute approximate surface area is 210 Å². The molecule has 34 heavy (non-hydrogen) atoms. The van der Waals surface area contributed by atoms with E-state index in [9.17, 15) is 8.42 Å². The maximum atomic E-state index is 12.9. The predicted octanol–water partition coefficient (Wildman–Crippen LogP) is 4.85. The van der Waals surface area contributed by atoms with Gasteiger partial charge >= 0.3 is 0 Å². The van der Waals surface area contributed by atoms with Crippen molar-refractivity contribution in [3.8, 4) is 0 Å². The first-order valence-corrected chi connectivity index (χ1v) is 15.3. The van der Waals surface area contributed by atoms with Crippen LogP contribution in [0, 0.1) is 6.92 Å². The molecule has 0 spiro atoms. The molecular formula is C27H34ClNO3SSi. The molecule has 1 N–H and O–H groups in total. The molecule has 0 saturated carbocycles. The van der Waals surface area contributed by atoms with Gasteiger partial charge in [0.15, 0.2) is 0 Å². The zero-order chi connectivity index (χ0) is 25.0. The van der Waals surface area contributed by atoms with Crippen molar-refractivity contribution < 1.29 is 12.8 Å². The Morgan fingerprint density at radius 2 is 1.35 bits per heavy atom. The molecule has 0 radical (unpaired) electrons. The molecule has 4 nitrogen and oxygen atoms in total. The van der Waals surface area contributed by atoms with Gasteiger partial charge in [-0.1, -0.05) is 99.1 Å². The fourth-order valence-corrected chi connectivity index (χ4v) is 10.4. The molecule has 0 amide bonds. The highest BCUT2D eigenvalue weighted by atomic mass is 35.5. The van der Waals surface area contributed by atoms with Crippen LogP contribution >= 0.6 is 11.6 Å². The molecule has 3 aromatic rings. The first-order valence-electron chi connectivity index (χ1n) is 11.5. The van der Waals surface area contributed by atoms with E-state index in [1.54, 1.807) is 31.2 Å². The summed E-state index contributed by atoms with van der Waals surface area (Å²) in [5, 5.41) is 1.58. The number of alkyl halides is 1. The Bertz CT molecular complexity index is 1120. The van der Waals surface area contributed by atoms with E-state index in [0.717, 1.165) is 15.9 Å². The second-order valence-electron chi connectivity index (χ2n) is 9.71. The summed E-state index contributed by atoms with van der Waals surface area (Å²) in [6.07, 6.45) is 0. The molecule has 7 heteroatoms. The monoisotopic (exact) mass is 515 g/mol. The zero-order valence-corrected chi connectivity index (χ0v) is 23.0. The number of rotatable bonds is 9. The van der Waals surface area contributed by atoms with Crippen LogP contribution in [0.15, 0.2) is 89.8 Å². The summed E-state index contributed by atoms with van der Waals surface area (Å²) in [6.45, 7) is 10.5. The quantitative estimate of drug-likeness (QED) is 0.327. The minimum Gasteiger partial charge on any atom is -0.406 e. The van der Waals surface area contributed by atoms with Crippen molar-refractivity contribution >= 4 is 40.3 Å². The van der Waals surface area contributed by atoms with E-state index in [1.807, 2.05) is 43.3 Å². The summed E-state index contributed by atoms with van der Waals surface area (Å²) in [5.74, 6) is 0. The van der Waals surface area contributed by atoms with E-state index in [4.69, 9.17) is 16.0 Å². The fourth-order valence-electron chi connectivity index (χ4n) is 4.21. The third-order valence-corrected chi connectivity index (χ3v) is 13.2. The number of aryl methyl sites for hydroxylation is 1. The molecule has 182 valence electrons. The van der Waals surface area contributed by atoms with Gasteiger partial charge in [-0.3, -0.25) is 0 Å². The van der Waals surface area contributed by atoms with E-state index in [2.05, 4.69) is 49.8 Å². The molecule has 0 heterocycles. The molecule has 2 atom stereocenters. The third kappa shape index (κ3) is 5.81. The summed E-state index contributed by atoms with van der Waals surface area (Å²) in [6, 6.07) is 26.9. The van der Waals surface area contributed by atoms with E-state index >= 15 is 0 Å². The normalized spacial score (nSPS) is 14.5. The van der Waals surface area contributed by atoms with E-state index in [-0.39, 0.29) is 16.5 Å². The average Bonchev–Trinajstić information content (AvgIpc) is 2.80. The number of hydrogen-bond acceptors (Lipinski definition) is 3. The molecule has 0 unspecified atom stereocenters. The Hall–Kier alpha value is -1.96. The van der Waals surface area contributed by atoms with Crippen molar-refractivity contribution in [2.24, 2.45) is 0 Å². The molecule has 0 aliphatic carbocycles. The maximum Gasteiger partial charge on any atom is 0.261 e. The first-order chi connectivity index (χ1) is 16.0. The highest BCUT2D eigenvalue weighted by Gasteiger charge is 2.50. The van der Waals surface area contributed by atoms with E-state index in [1.165, 1.54) is 0 Å². The highest BCUT2D eigenvalue weighted by molar-refractivity contribution is 7.89. The molecular weight excluding hydrogens is 482 g/mol. The average molecular weight is 516 g/mol. The Balaban J connectivity index is 1.87. The highest BCUT2D eigenvalue weighted by Crippen LogP contribution is 2.37. The van der Waals surface area contributed by atoms with Gasteiger partial charge in [0.05, 0.1) is 16.9 Å². The van der Waals surface area contributed by atoms with Crippen molar-refractivity contribution in [3.63, 3.8) is 0 Å². The SMILES string of the molecule is Cc1ccc(S(=O)(=O)N[C@H](C)[C@H](Cl)CO[Si](c2ccccc2)(c2ccccc2)C(C)(C)C)cc1.